The molecule has 112 valence electrons. The molecular formula is C16H23ClO3. The fourth-order valence-electron chi connectivity index (χ4n) is 2.77. The van der Waals surface area contributed by atoms with Crippen molar-refractivity contribution in [3.05, 3.63) is 34.9 Å². The van der Waals surface area contributed by atoms with E-state index in [1.807, 2.05) is 24.3 Å². The van der Waals surface area contributed by atoms with Gasteiger partial charge in [-0.3, -0.25) is 0 Å². The van der Waals surface area contributed by atoms with Gasteiger partial charge in [-0.25, -0.2) is 0 Å². The summed E-state index contributed by atoms with van der Waals surface area (Å²) in [5.41, 5.74) is 0.916. The first-order valence-electron chi connectivity index (χ1n) is 7.38. The van der Waals surface area contributed by atoms with E-state index in [4.69, 9.17) is 21.4 Å². The van der Waals surface area contributed by atoms with Gasteiger partial charge in [0, 0.05) is 18.1 Å². The summed E-state index contributed by atoms with van der Waals surface area (Å²) < 4.78 is 5.97. The van der Waals surface area contributed by atoms with Crippen molar-refractivity contribution in [1.82, 2.24) is 0 Å². The molecule has 1 aromatic carbocycles. The van der Waals surface area contributed by atoms with Gasteiger partial charge in [-0.15, -0.1) is 0 Å². The van der Waals surface area contributed by atoms with Gasteiger partial charge in [0.2, 0.25) is 0 Å². The number of benzene rings is 1. The highest BCUT2D eigenvalue weighted by molar-refractivity contribution is 6.31. The normalized spacial score (nSPS) is 19.1. The van der Waals surface area contributed by atoms with Crippen LogP contribution in [0, 0.1) is 0 Å². The number of halogens is 1. The Morgan fingerprint density at radius 1 is 1.25 bits per heavy atom. The molecule has 0 amide bonds. The molecule has 2 rings (SSSR count). The zero-order chi connectivity index (χ0) is 14.4. The lowest BCUT2D eigenvalue weighted by atomic mass is 10.0. The first-order chi connectivity index (χ1) is 9.70. The number of aliphatic hydroxyl groups excluding tert-OH is 2. The van der Waals surface area contributed by atoms with E-state index in [1.165, 1.54) is 12.8 Å². The van der Waals surface area contributed by atoms with Gasteiger partial charge >= 0.3 is 0 Å². The maximum absolute atomic E-state index is 10.4. The van der Waals surface area contributed by atoms with E-state index in [1.54, 1.807) is 0 Å². The Bertz CT molecular complexity index is 404. The van der Waals surface area contributed by atoms with Gasteiger partial charge < -0.3 is 14.9 Å². The van der Waals surface area contributed by atoms with E-state index >= 15 is 0 Å². The van der Waals surface area contributed by atoms with Crippen LogP contribution in [0.4, 0.5) is 0 Å². The van der Waals surface area contributed by atoms with Crippen LogP contribution < -0.4 is 0 Å². The quantitative estimate of drug-likeness (QED) is 0.814. The molecule has 1 aliphatic rings. The van der Waals surface area contributed by atoms with Crippen molar-refractivity contribution in [2.75, 3.05) is 6.61 Å². The average molecular weight is 299 g/mol. The second kappa shape index (κ2) is 7.99. The second-order valence-electron chi connectivity index (χ2n) is 5.46. The monoisotopic (exact) mass is 298 g/mol. The molecule has 1 aromatic rings. The largest absolute Gasteiger partial charge is 0.396 e. The Morgan fingerprint density at radius 2 is 1.95 bits per heavy atom. The minimum Gasteiger partial charge on any atom is -0.396 e. The summed E-state index contributed by atoms with van der Waals surface area (Å²) in [5, 5.41) is 20.2. The highest BCUT2D eigenvalue weighted by atomic mass is 35.5. The van der Waals surface area contributed by atoms with Crippen LogP contribution in [0.25, 0.3) is 0 Å². The zero-order valence-electron chi connectivity index (χ0n) is 11.7. The predicted molar refractivity (Wildman–Crippen MR) is 80.0 cm³/mol. The van der Waals surface area contributed by atoms with Gasteiger partial charge in [0.25, 0.3) is 0 Å². The Labute approximate surface area is 125 Å². The lowest BCUT2D eigenvalue weighted by Gasteiger charge is -2.26. The highest BCUT2D eigenvalue weighted by Crippen LogP contribution is 2.25. The van der Waals surface area contributed by atoms with Crippen molar-refractivity contribution in [2.24, 2.45) is 0 Å². The molecule has 4 heteroatoms. The van der Waals surface area contributed by atoms with Crippen molar-refractivity contribution in [3.8, 4) is 0 Å². The summed E-state index contributed by atoms with van der Waals surface area (Å²) in [6.45, 7) is 0.0248. The molecule has 1 aliphatic carbocycles. The Balaban J connectivity index is 1.95. The average Bonchev–Trinajstić information content (AvgIpc) is 2.94. The lowest BCUT2D eigenvalue weighted by Crippen LogP contribution is -2.34. The molecule has 2 N–H and O–H groups in total. The van der Waals surface area contributed by atoms with Gasteiger partial charge in [0.15, 0.2) is 0 Å². The van der Waals surface area contributed by atoms with Crippen LogP contribution in [-0.2, 0) is 11.2 Å². The Hall–Kier alpha value is -0.610. The molecule has 0 saturated heterocycles. The number of rotatable bonds is 7. The molecule has 0 radical (unpaired) electrons. The summed E-state index contributed by atoms with van der Waals surface area (Å²) in [7, 11) is 0. The predicted octanol–water partition coefficient (Wildman–Crippen LogP) is 2.95. The summed E-state index contributed by atoms with van der Waals surface area (Å²) in [6, 6.07) is 7.52. The van der Waals surface area contributed by atoms with Gasteiger partial charge in [-0.1, -0.05) is 42.6 Å². The Morgan fingerprint density at radius 3 is 2.60 bits per heavy atom. The number of hydrogen-bond donors (Lipinski definition) is 2. The van der Waals surface area contributed by atoms with E-state index in [9.17, 15) is 5.11 Å². The van der Waals surface area contributed by atoms with Crippen LogP contribution >= 0.6 is 11.6 Å². The molecule has 0 heterocycles. The number of hydrogen-bond acceptors (Lipinski definition) is 3. The van der Waals surface area contributed by atoms with Crippen LogP contribution in [0.3, 0.4) is 0 Å². The maximum Gasteiger partial charge on any atom is 0.0862 e. The molecule has 1 saturated carbocycles. The standard InChI is InChI=1S/C16H23ClO3/c17-14-8-4-1-5-12(14)11-15(19)16(9-10-18)20-13-6-2-3-7-13/h1,4-5,8,13,15-16,18-19H,2-3,6-7,9-11H2. The van der Waals surface area contributed by atoms with E-state index in [0.29, 0.717) is 17.9 Å². The van der Waals surface area contributed by atoms with Crippen LogP contribution in [0.5, 0.6) is 0 Å². The fourth-order valence-corrected chi connectivity index (χ4v) is 2.98. The lowest BCUT2D eigenvalue weighted by molar-refractivity contribution is -0.0821. The van der Waals surface area contributed by atoms with E-state index < -0.39 is 6.10 Å². The van der Waals surface area contributed by atoms with Crippen molar-refractivity contribution in [2.45, 2.75) is 56.8 Å². The molecular weight excluding hydrogens is 276 g/mol. The van der Waals surface area contributed by atoms with Crippen LogP contribution in [-0.4, -0.2) is 35.1 Å². The molecule has 0 aromatic heterocycles. The van der Waals surface area contributed by atoms with Gasteiger partial charge in [0.05, 0.1) is 18.3 Å². The fraction of sp³-hybridized carbons (Fsp3) is 0.625. The molecule has 1 fully saturated rings. The van der Waals surface area contributed by atoms with Crippen molar-refractivity contribution >= 4 is 11.6 Å². The van der Waals surface area contributed by atoms with E-state index in [-0.39, 0.29) is 18.8 Å². The maximum atomic E-state index is 10.4. The molecule has 2 unspecified atom stereocenters. The van der Waals surface area contributed by atoms with Gasteiger partial charge in [-0.05, 0) is 30.9 Å². The van der Waals surface area contributed by atoms with E-state index in [0.717, 1.165) is 18.4 Å². The zero-order valence-corrected chi connectivity index (χ0v) is 12.4. The van der Waals surface area contributed by atoms with Crippen molar-refractivity contribution in [3.63, 3.8) is 0 Å². The summed E-state index contributed by atoms with van der Waals surface area (Å²) >= 11 is 6.12. The van der Waals surface area contributed by atoms with E-state index in [2.05, 4.69) is 0 Å². The molecule has 0 bridgehead atoms. The topological polar surface area (TPSA) is 49.7 Å². The SMILES string of the molecule is OCCC(OC1CCCC1)C(O)Cc1ccccc1Cl. The minimum absolute atomic E-state index is 0.0248. The third-order valence-corrected chi connectivity index (χ3v) is 4.27. The third kappa shape index (κ3) is 4.45. The van der Waals surface area contributed by atoms with Crippen molar-refractivity contribution in [1.29, 1.82) is 0 Å². The smallest absolute Gasteiger partial charge is 0.0862 e. The molecule has 3 nitrogen and oxygen atoms in total. The second-order valence-corrected chi connectivity index (χ2v) is 5.86. The van der Waals surface area contributed by atoms with Crippen molar-refractivity contribution < 1.29 is 14.9 Å². The molecule has 20 heavy (non-hydrogen) atoms. The number of aliphatic hydroxyl groups is 2. The summed E-state index contributed by atoms with van der Waals surface area (Å²) in [6.07, 6.45) is 4.68. The summed E-state index contributed by atoms with van der Waals surface area (Å²) in [4.78, 5) is 0. The van der Waals surface area contributed by atoms with Crippen LogP contribution in [0.1, 0.15) is 37.7 Å². The minimum atomic E-state index is -0.636. The van der Waals surface area contributed by atoms with Crippen LogP contribution in [0.15, 0.2) is 24.3 Å². The first kappa shape index (κ1) is 15.8. The summed E-state index contributed by atoms with van der Waals surface area (Å²) in [5.74, 6) is 0. The van der Waals surface area contributed by atoms with Gasteiger partial charge in [-0.2, -0.15) is 0 Å². The van der Waals surface area contributed by atoms with Gasteiger partial charge in [0.1, 0.15) is 0 Å². The Kier molecular flexibility index (Phi) is 6.30. The third-order valence-electron chi connectivity index (χ3n) is 3.90. The first-order valence-corrected chi connectivity index (χ1v) is 7.76. The molecule has 0 spiro atoms. The molecule has 0 aliphatic heterocycles. The van der Waals surface area contributed by atoms with Crippen LogP contribution in [0.2, 0.25) is 5.02 Å². The number of ether oxygens (including phenoxy) is 1. The molecule has 2 atom stereocenters. The highest BCUT2D eigenvalue weighted by Gasteiger charge is 2.26.